The van der Waals surface area contributed by atoms with Crippen LogP contribution in [0.1, 0.15) is 18.5 Å². The number of halogens is 3. The smallest absolute Gasteiger partial charge is 0.142 e. The maximum atomic E-state index is 13.4. The van der Waals surface area contributed by atoms with E-state index in [1.807, 2.05) is 6.92 Å². The summed E-state index contributed by atoms with van der Waals surface area (Å²) in [6.07, 6.45) is 0. The van der Waals surface area contributed by atoms with Gasteiger partial charge in [-0.2, -0.15) is 0 Å². The van der Waals surface area contributed by atoms with Crippen LogP contribution in [0.25, 0.3) is 0 Å². The molecular weight excluding hydrogens is 292 g/mol. The number of ether oxygens (including phenoxy) is 2. The first kappa shape index (κ1) is 16.7. The van der Waals surface area contributed by atoms with E-state index in [-0.39, 0.29) is 11.1 Å². The highest BCUT2D eigenvalue weighted by molar-refractivity contribution is 6.35. The topological polar surface area (TPSA) is 30.5 Å². The molecule has 0 aliphatic heterocycles. The zero-order chi connectivity index (χ0) is 14.3. The molecule has 0 aliphatic carbocycles. The van der Waals surface area contributed by atoms with E-state index in [9.17, 15) is 4.39 Å². The molecule has 1 N–H and O–H groups in total. The molecule has 1 unspecified atom stereocenters. The average Bonchev–Trinajstić information content (AvgIpc) is 2.37. The Morgan fingerprint density at radius 2 is 1.95 bits per heavy atom. The number of hydrogen-bond acceptors (Lipinski definition) is 3. The molecule has 0 aliphatic rings. The van der Waals surface area contributed by atoms with E-state index in [1.165, 1.54) is 12.1 Å². The van der Waals surface area contributed by atoms with Gasteiger partial charge in [-0.05, 0) is 24.6 Å². The van der Waals surface area contributed by atoms with Crippen molar-refractivity contribution in [2.24, 2.45) is 0 Å². The van der Waals surface area contributed by atoms with Crippen LogP contribution in [0.2, 0.25) is 10.0 Å². The van der Waals surface area contributed by atoms with E-state index < -0.39 is 5.82 Å². The third-order valence-electron chi connectivity index (χ3n) is 2.63. The molecule has 1 atom stereocenters. The van der Waals surface area contributed by atoms with Crippen LogP contribution in [0.5, 0.6) is 0 Å². The molecule has 0 saturated carbocycles. The summed E-state index contributed by atoms with van der Waals surface area (Å²) in [5, 5.41) is 3.69. The van der Waals surface area contributed by atoms with Gasteiger partial charge >= 0.3 is 0 Å². The lowest BCUT2D eigenvalue weighted by atomic mass is 10.1. The van der Waals surface area contributed by atoms with Crippen molar-refractivity contribution in [2.45, 2.75) is 13.0 Å². The van der Waals surface area contributed by atoms with E-state index in [2.05, 4.69) is 5.32 Å². The zero-order valence-electron chi connectivity index (χ0n) is 11.0. The van der Waals surface area contributed by atoms with Gasteiger partial charge in [-0.25, -0.2) is 4.39 Å². The summed E-state index contributed by atoms with van der Waals surface area (Å²) in [4.78, 5) is 0. The Labute approximate surface area is 123 Å². The third kappa shape index (κ3) is 5.63. The second kappa shape index (κ2) is 8.72. The van der Waals surface area contributed by atoms with Crippen LogP contribution >= 0.6 is 23.2 Å². The molecular formula is C13H18Cl2FNO2. The molecule has 6 heteroatoms. The molecule has 0 bridgehead atoms. The SMILES string of the molecule is COCCOCCNC(C)c1cc(F)c(Cl)cc1Cl. The fourth-order valence-electron chi connectivity index (χ4n) is 1.57. The van der Waals surface area contributed by atoms with Crippen LogP contribution in [0.3, 0.4) is 0 Å². The molecule has 0 fully saturated rings. The molecule has 19 heavy (non-hydrogen) atoms. The lowest BCUT2D eigenvalue weighted by Gasteiger charge is -2.16. The number of hydrogen-bond donors (Lipinski definition) is 1. The Bertz CT molecular complexity index is 404. The molecule has 0 radical (unpaired) electrons. The molecule has 0 amide bonds. The van der Waals surface area contributed by atoms with E-state index in [4.69, 9.17) is 32.7 Å². The highest BCUT2D eigenvalue weighted by atomic mass is 35.5. The van der Waals surface area contributed by atoms with Gasteiger partial charge in [-0.15, -0.1) is 0 Å². The van der Waals surface area contributed by atoms with Crippen LogP contribution in [-0.4, -0.2) is 33.5 Å². The second-order valence-corrected chi connectivity index (χ2v) is 4.88. The van der Waals surface area contributed by atoms with Gasteiger partial charge in [0.15, 0.2) is 0 Å². The molecule has 1 aromatic carbocycles. The zero-order valence-corrected chi connectivity index (χ0v) is 12.5. The quantitative estimate of drug-likeness (QED) is 0.589. The predicted octanol–water partition coefficient (Wildman–Crippen LogP) is 3.45. The molecule has 0 heterocycles. The van der Waals surface area contributed by atoms with E-state index in [1.54, 1.807) is 7.11 Å². The van der Waals surface area contributed by atoms with Crippen molar-refractivity contribution >= 4 is 23.2 Å². The summed E-state index contributed by atoms with van der Waals surface area (Å²) in [6, 6.07) is 2.69. The van der Waals surface area contributed by atoms with Crippen LogP contribution in [0.15, 0.2) is 12.1 Å². The summed E-state index contributed by atoms with van der Waals surface area (Å²) in [5.41, 5.74) is 0.681. The van der Waals surface area contributed by atoms with Crippen LogP contribution in [0.4, 0.5) is 4.39 Å². The number of rotatable bonds is 8. The Hall–Kier alpha value is -0.390. The van der Waals surface area contributed by atoms with Gasteiger partial charge in [0.05, 0.1) is 24.8 Å². The largest absolute Gasteiger partial charge is 0.382 e. The van der Waals surface area contributed by atoms with Gasteiger partial charge in [0.1, 0.15) is 5.82 Å². The Balaban J connectivity index is 2.41. The van der Waals surface area contributed by atoms with Gasteiger partial charge < -0.3 is 14.8 Å². The van der Waals surface area contributed by atoms with Gasteiger partial charge in [-0.1, -0.05) is 23.2 Å². The van der Waals surface area contributed by atoms with Gasteiger partial charge in [-0.3, -0.25) is 0 Å². The lowest BCUT2D eigenvalue weighted by molar-refractivity contribution is 0.0712. The van der Waals surface area contributed by atoms with Crippen molar-refractivity contribution < 1.29 is 13.9 Å². The molecule has 1 aromatic rings. The van der Waals surface area contributed by atoms with Crippen molar-refractivity contribution in [3.05, 3.63) is 33.6 Å². The van der Waals surface area contributed by atoms with Gasteiger partial charge in [0.25, 0.3) is 0 Å². The second-order valence-electron chi connectivity index (χ2n) is 4.07. The molecule has 0 saturated heterocycles. The minimum absolute atomic E-state index is 0.0313. The fraction of sp³-hybridized carbons (Fsp3) is 0.538. The van der Waals surface area contributed by atoms with E-state index >= 15 is 0 Å². The first-order valence-corrected chi connectivity index (χ1v) is 6.76. The third-order valence-corrected chi connectivity index (χ3v) is 3.25. The van der Waals surface area contributed by atoms with Crippen molar-refractivity contribution in [1.29, 1.82) is 0 Å². The monoisotopic (exact) mass is 309 g/mol. The summed E-state index contributed by atoms with van der Waals surface area (Å²) in [5.74, 6) is -0.467. The molecule has 3 nitrogen and oxygen atoms in total. The Morgan fingerprint density at radius 1 is 1.21 bits per heavy atom. The Morgan fingerprint density at radius 3 is 2.63 bits per heavy atom. The Kier molecular flexibility index (Phi) is 7.64. The standard InChI is InChI=1S/C13H18Cl2FNO2/c1-9(17-3-4-19-6-5-18-2)10-7-13(16)12(15)8-11(10)14/h7-9,17H,3-6H2,1-2H3. The summed E-state index contributed by atoms with van der Waals surface area (Å²) < 4.78 is 23.6. The van der Waals surface area contributed by atoms with Crippen LogP contribution < -0.4 is 5.32 Å². The average molecular weight is 310 g/mol. The van der Waals surface area contributed by atoms with Crippen molar-refractivity contribution in [3.8, 4) is 0 Å². The molecule has 0 aromatic heterocycles. The lowest BCUT2D eigenvalue weighted by Crippen LogP contribution is -2.24. The first-order valence-electron chi connectivity index (χ1n) is 6.00. The van der Waals surface area contributed by atoms with E-state index in [0.717, 1.165) is 0 Å². The number of nitrogens with one attached hydrogen (secondary N) is 1. The van der Waals surface area contributed by atoms with Crippen molar-refractivity contribution in [1.82, 2.24) is 5.32 Å². The van der Waals surface area contributed by atoms with Gasteiger partial charge in [0.2, 0.25) is 0 Å². The van der Waals surface area contributed by atoms with Crippen LogP contribution in [-0.2, 0) is 9.47 Å². The normalized spacial score (nSPS) is 12.7. The molecule has 0 spiro atoms. The summed E-state index contributed by atoms with van der Waals surface area (Å²) in [6.45, 7) is 4.24. The van der Waals surface area contributed by atoms with Crippen molar-refractivity contribution in [3.63, 3.8) is 0 Å². The highest BCUT2D eigenvalue weighted by Crippen LogP contribution is 2.28. The van der Waals surface area contributed by atoms with E-state index in [0.29, 0.717) is 37.0 Å². The summed E-state index contributed by atoms with van der Waals surface area (Å²) >= 11 is 11.7. The van der Waals surface area contributed by atoms with Gasteiger partial charge in [0, 0.05) is 24.7 Å². The maximum absolute atomic E-state index is 13.4. The number of benzene rings is 1. The molecule has 108 valence electrons. The summed E-state index contributed by atoms with van der Waals surface area (Å²) in [7, 11) is 1.63. The highest BCUT2D eigenvalue weighted by Gasteiger charge is 2.12. The minimum Gasteiger partial charge on any atom is -0.382 e. The first-order chi connectivity index (χ1) is 9.06. The fourth-order valence-corrected chi connectivity index (χ4v) is 2.12. The van der Waals surface area contributed by atoms with Crippen LogP contribution in [0, 0.1) is 5.82 Å². The minimum atomic E-state index is -0.467. The number of methoxy groups -OCH3 is 1. The maximum Gasteiger partial charge on any atom is 0.142 e. The predicted molar refractivity (Wildman–Crippen MR) is 75.5 cm³/mol. The van der Waals surface area contributed by atoms with Crippen molar-refractivity contribution in [2.75, 3.05) is 33.5 Å². The molecule has 1 rings (SSSR count).